The second kappa shape index (κ2) is 5.64. The quantitative estimate of drug-likeness (QED) is 0.693. The van der Waals surface area contributed by atoms with E-state index in [4.69, 9.17) is 0 Å². The Hall–Kier alpha value is -3.02. The number of nitrogens with zero attached hydrogens (tertiary/aromatic N) is 2. The molecule has 0 saturated heterocycles. The van der Waals surface area contributed by atoms with Gasteiger partial charge in [-0.05, 0) is 42.7 Å². The highest BCUT2D eigenvalue weighted by Gasteiger charge is 2.18. The number of hydrogen-bond donors (Lipinski definition) is 3. The molecule has 0 fully saturated rings. The molecule has 6 heteroatoms. The molecule has 3 rings (SSSR count). The summed E-state index contributed by atoms with van der Waals surface area (Å²) in [4.78, 5) is 12.2. The van der Waals surface area contributed by atoms with Crippen molar-refractivity contribution in [3.8, 4) is 28.6 Å². The summed E-state index contributed by atoms with van der Waals surface area (Å²) in [7, 11) is 0. The van der Waals surface area contributed by atoms with Gasteiger partial charge in [0.25, 0.3) is 0 Å². The Morgan fingerprint density at radius 3 is 2.65 bits per heavy atom. The number of benzene rings is 2. The Balaban J connectivity index is 2.26. The maximum absolute atomic E-state index is 12.2. The van der Waals surface area contributed by atoms with E-state index in [1.807, 2.05) is 32.0 Å². The topological polar surface area (TPSA) is 91.1 Å². The van der Waals surface area contributed by atoms with Crippen LogP contribution in [0.4, 0.5) is 0 Å². The van der Waals surface area contributed by atoms with E-state index in [-0.39, 0.29) is 11.5 Å². The maximum atomic E-state index is 12.2. The third kappa shape index (κ3) is 2.59. The fourth-order valence-electron chi connectivity index (χ4n) is 2.57. The maximum Gasteiger partial charge on any atom is 0.348 e. The molecule has 0 spiro atoms. The number of H-pyrrole nitrogens is 1. The number of aromatic nitrogens is 3. The first-order valence-electron chi connectivity index (χ1n) is 7.31. The molecule has 1 aromatic heterocycles. The standard InChI is InChI=1S/C17H17N3O3/c1-3-11-8-13(15(22)9-14(11)21)16-18-19-17(23)20(16)12-6-4-5-10(2)7-12/h4-9,21-22H,3H2,1-2H3,(H,19,23). The van der Waals surface area contributed by atoms with Crippen LogP contribution >= 0.6 is 0 Å². The van der Waals surface area contributed by atoms with Crippen molar-refractivity contribution >= 4 is 0 Å². The van der Waals surface area contributed by atoms with E-state index in [9.17, 15) is 15.0 Å². The minimum Gasteiger partial charge on any atom is -0.508 e. The van der Waals surface area contributed by atoms with E-state index in [0.717, 1.165) is 5.56 Å². The van der Waals surface area contributed by atoms with Gasteiger partial charge in [-0.1, -0.05) is 19.1 Å². The van der Waals surface area contributed by atoms with Crippen LogP contribution in [-0.2, 0) is 6.42 Å². The van der Waals surface area contributed by atoms with E-state index in [2.05, 4.69) is 10.2 Å². The van der Waals surface area contributed by atoms with Crippen molar-refractivity contribution in [2.45, 2.75) is 20.3 Å². The predicted octanol–water partition coefficient (Wildman–Crippen LogP) is 2.51. The molecule has 1 heterocycles. The molecular formula is C17H17N3O3. The van der Waals surface area contributed by atoms with Crippen LogP contribution in [0.1, 0.15) is 18.1 Å². The first kappa shape index (κ1) is 14.9. The van der Waals surface area contributed by atoms with Crippen molar-refractivity contribution in [2.24, 2.45) is 0 Å². The summed E-state index contributed by atoms with van der Waals surface area (Å²) in [5.41, 5.74) is 2.33. The molecule has 0 saturated carbocycles. The lowest BCUT2D eigenvalue weighted by atomic mass is 10.1. The van der Waals surface area contributed by atoms with Crippen LogP contribution in [0, 0.1) is 6.92 Å². The number of hydrogen-bond acceptors (Lipinski definition) is 4. The molecule has 0 amide bonds. The molecule has 0 radical (unpaired) electrons. The predicted molar refractivity (Wildman–Crippen MR) is 87.1 cm³/mol. The molecule has 0 atom stereocenters. The minimum absolute atomic E-state index is 0.0220. The first-order valence-corrected chi connectivity index (χ1v) is 7.31. The molecule has 0 aliphatic heterocycles. The number of phenolic OH excluding ortho intramolecular Hbond substituents is 2. The van der Waals surface area contributed by atoms with Crippen molar-refractivity contribution in [3.05, 3.63) is 58.0 Å². The van der Waals surface area contributed by atoms with Gasteiger partial charge in [-0.2, -0.15) is 5.10 Å². The summed E-state index contributed by atoms with van der Waals surface area (Å²) < 4.78 is 1.40. The highest BCUT2D eigenvalue weighted by molar-refractivity contribution is 5.68. The van der Waals surface area contributed by atoms with Gasteiger partial charge < -0.3 is 10.2 Å². The van der Waals surface area contributed by atoms with Crippen molar-refractivity contribution in [1.29, 1.82) is 0 Å². The van der Waals surface area contributed by atoms with Crippen molar-refractivity contribution in [1.82, 2.24) is 14.8 Å². The molecule has 118 valence electrons. The van der Waals surface area contributed by atoms with Gasteiger partial charge in [-0.3, -0.25) is 0 Å². The van der Waals surface area contributed by atoms with E-state index >= 15 is 0 Å². The van der Waals surface area contributed by atoms with Crippen LogP contribution in [0.5, 0.6) is 11.5 Å². The minimum atomic E-state index is -0.392. The number of phenols is 2. The van der Waals surface area contributed by atoms with Crippen LogP contribution in [0.3, 0.4) is 0 Å². The molecule has 3 aromatic rings. The molecule has 0 aliphatic rings. The summed E-state index contributed by atoms with van der Waals surface area (Å²) in [5.74, 6) is 0.189. The number of aryl methyl sites for hydroxylation is 2. The number of aromatic amines is 1. The molecule has 0 unspecified atom stereocenters. The molecule has 23 heavy (non-hydrogen) atoms. The highest BCUT2D eigenvalue weighted by Crippen LogP contribution is 2.34. The van der Waals surface area contributed by atoms with Crippen LogP contribution in [0.15, 0.2) is 41.2 Å². The number of aromatic hydroxyl groups is 2. The molecule has 0 bridgehead atoms. The highest BCUT2D eigenvalue weighted by atomic mass is 16.3. The molecule has 2 aromatic carbocycles. The summed E-state index contributed by atoms with van der Waals surface area (Å²) in [5, 5.41) is 26.5. The Kier molecular flexibility index (Phi) is 3.65. The van der Waals surface area contributed by atoms with Gasteiger partial charge in [0, 0.05) is 6.07 Å². The zero-order chi connectivity index (χ0) is 16.6. The van der Waals surface area contributed by atoms with E-state index < -0.39 is 5.69 Å². The summed E-state index contributed by atoms with van der Waals surface area (Å²) in [6.45, 7) is 3.83. The lowest BCUT2D eigenvalue weighted by Gasteiger charge is -2.10. The van der Waals surface area contributed by atoms with Gasteiger partial charge in [0.15, 0.2) is 5.82 Å². The van der Waals surface area contributed by atoms with Crippen molar-refractivity contribution in [2.75, 3.05) is 0 Å². The van der Waals surface area contributed by atoms with Gasteiger partial charge in [0.05, 0.1) is 11.3 Å². The number of rotatable bonds is 3. The zero-order valence-corrected chi connectivity index (χ0v) is 12.9. The van der Waals surface area contributed by atoms with Gasteiger partial charge in [-0.25, -0.2) is 14.5 Å². The summed E-state index contributed by atoms with van der Waals surface area (Å²) in [6, 6.07) is 10.4. The van der Waals surface area contributed by atoms with Crippen molar-refractivity contribution < 1.29 is 10.2 Å². The Morgan fingerprint density at radius 1 is 1.17 bits per heavy atom. The Labute approximate surface area is 132 Å². The first-order chi connectivity index (χ1) is 11.0. The van der Waals surface area contributed by atoms with Crippen molar-refractivity contribution in [3.63, 3.8) is 0 Å². The van der Waals surface area contributed by atoms with Crippen LogP contribution in [0.25, 0.3) is 17.1 Å². The van der Waals surface area contributed by atoms with Crippen LogP contribution in [-0.4, -0.2) is 25.0 Å². The average molecular weight is 311 g/mol. The molecule has 6 nitrogen and oxygen atoms in total. The van der Waals surface area contributed by atoms with Gasteiger partial charge in [0.2, 0.25) is 0 Å². The fraction of sp³-hybridized carbons (Fsp3) is 0.176. The zero-order valence-electron chi connectivity index (χ0n) is 12.9. The third-order valence-electron chi connectivity index (χ3n) is 3.75. The molecule has 3 N–H and O–H groups in total. The summed E-state index contributed by atoms with van der Waals surface area (Å²) in [6.07, 6.45) is 0.595. The Morgan fingerprint density at radius 2 is 1.96 bits per heavy atom. The SMILES string of the molecule is CCc1cc(-c2n[nH]c(=O)n2-c2cccc(C)c2)c(O)cc1O. The van der Waals surface area contributed by atoms with Gasteiger partial charge in [-0.15, -0.1) is 0 Å². The van der Waals surface area contributed by atoms with Crippen LogP contribution in [0.2, 0.25) is 0 Å². The molecule has 0 aliphatic carbocycles. The monoisotopic (exact) mass is 311 g/mol. The lowest BCUT2D eigenvalue weighted by molar-refractivity contribution is 0.447. The number of nitrogens with one attached hydrogen (secondary N) is 1. The van der Waals surface area contributed by atoms with E-state index in [1.54, 1.807) is 12.1 Å². The smallest absolute Gasteiger partial charge is 0.348 e. The fourth-order valence-corrected chi connectivity index (χ4v) is 2.57. The summed E-state index contributed by atoms with van der Waals surface area (Å²) >= 11 is 0. The molecular weight excluding hydrogens is 294 g/mol. The second-order valence-corrected chi connectivity index (χ2v) is 5.38. The third-order valence-corrected chi connectivity index (χ3v) is 3.75. The lowest BCUT2D eigenvalue weighted by Crippen LogP contribution is -2.15. The van der Waals surface area contributed by atoms with E-state index in [0.29, 0.717) is 29.1 Å². The largest absolute Gasteiger partial charge is 0.508 e. The van der Waals surface area contributed by atoms with Crippen LogP contribution < -0.4 is 5.69 Å². The average Bonchev–Trinajstić information content (AvgIpc) is 2.89. The van der Waals surface area contributed by atoms with E-state index in [1.165, 1.54) is 10.6 Å². The normalized spacial score (nSPS) is 10.9. The van der Waals surface area contributed by atoms with Gasteiger partial charge >= 0.3 is 5.69 Å². The second-order valence-electron chi connectivity index (χ2n) is 5.38. The van der Waals surface area contributed by atoms with Gasteiger partial charge in [0.1, 0.15) is 11.5 Å². The Bertz CT molecular complexity index is 925.